The third-order valence-electron chi connectivity index (χ3n) is 6.06. The second-order valence-electron chi connectivity index (χ2n) is 12.0. The van der Waals surface area contributed by atoms with Crippen LogP contribution in [0, 0.1) is 0 Å². The first-order valence-corrected chi connectivity index (χ1v) is 11.5. The van der Waals surface area contributed by atoms with E-state index in [0.29, 0.717) is 12.1 Å². The molecule has 0 saturated carbocycles. The van der Waals surface area contributed by atoms with Gasteiger partial charge in [-0.2, -0.15) is 0 Å². The van der Waals surface area contributed by atoms with E-state index in [9.17, 15) is 0 Å². The molecule has 0 aliphatic carbocycles. The molecule has 4 N–H and O–H groups in total. The van der Waals surface area contributed by atoms with Crippen LogP contribution in [0.1, 0.15) is 100 Å². The van der Waals surface area contributed by atoms with Gasteiger partial charge in [-0.3, -0.25) is 0 Å². The van der Waals surface area contributed by atoms with Crippen molar-refractivity contribution in [2.24, 2.45) is 0 Å². The predicted octanol–water partition coefficient (Wildman–Crippen LogP) is 4.47. The Bertz CT molecular complexity index is 487. The van der Waals surface area contributed by atoms with E-state index < -0.39 is 0 Å². The smallest absolute Gasteiger partial charge is 0.0290 e. The summed E-state index contributed by atoms with van der Waals surface area (Å²) >= 11 is 0. The highest BCUT2D eigenvalue weighted by atomic mass is 15.1. The summed E-state index contributed by atoms with van der Waals surface area (Å²) in [7, 11) is 0. The van der Waals surface area contributed by atoms with E-state index in [1.807, 2.05) is 0 Å². The van der Waals surface area contributed by atoms with Crippen molar-refractivity contribution in [2.45, 2.75) is 135 Å². The van der Waals surface area contributed by atoms with Crippen molar-refractivity contribution in [1.29, 1.82) is 0 Å². The third-order valence-corrected chi connectivity index (χ3v) is 6.06. The highest BCUT2D eigenvalue weighted by molar-refractivity contribution is 5.01. The summed E-state index contributed by atoms with van der Waals surface area (Å²) in [4.78, 5) is 0. The molecule has 0 spiro atoms. The molecule has 0 atom stereocenters. The van der Waals surface area contributed by atoms with Gasteiger partial charge in [0.1, 0.15) is 0 Å². The van der Waals surface area contributed by atoms with Crippen LogP contribution in [0.3, 0.4) is 0 Å². The first kappa shape index (κ1) is 23.7. The maximum Gasteiger partial charge on any atom is 0.0290 e. The molecule has 2 fully saturated rings. The SMILES string of the molecule is CC1(C)CC(NC=CCCCCNC2CC(C)(C)NC(C)(C)C2)CC(C)(C)N1. The van der Waals surface area contributed by atoms with E-state index in [1.165, 1.54) is 38.5 Å². The van der Waals surface area contributed by atoms with Crippen molar-refractivity contribution < 1.29 is 0 Å². The molecule has 0 aromatic heterocycles. The second-order valence-corrected chi connectivity index (χ2v) is 12.0. The van der Waals surface area contributed by atoms with Crippen LogP contribution in [-0.4, -0.2) is 40.8 Å². The molecule has 4 heteroatoms. The number of hydrogen-bond donors (Lipinski definition) is 4. The van der Waals surface area contributed by atoms with Gasteiger partial charge in [0.2, 0.25) is 0 Å². The third kappa shape index (κ3) is 8.42. The average Bonchev–Trinajstić information content (AvgIpc) is 2.43. The molecule has 2 heterocycles. The van der Waals surface area contributed by atoms with E-state index in [0.717, 1.165) is 13.0 Å². The van der Waals surface area contributed by atoms with Gasteiger partial charge in [0.05, 0.1) is 0 Å². The van der Waals surface area contributed by atoms with Gasteiger partial charge in [-0.25, -0.2) is 0 Å². The standard InChI is InChI=1S/C24H48N4/c1-21(2)15-19(16-22(3,4)27-21)25-13-11-9-10-12-14-26-20-17-23(5,6)28-24(7,8)18-20/h11,13,19-20,25-28H,9-10,12,14-18H2,1-8H3. The number of nitrogens with one attached hydrogen (secondary N) is 4. The van der Waals surface area contributed by atoms with Gasteiger partial charge in [0, 0.05) is 34.2 Å². The second kappa shape index (κ2) is 9.06. The molecule has 28 heavy (non-hydrogen) atoms. The van der Waals surface area contributed by atoms with Crippen LogP contribution in [0.15, 0.2) is 12.3 Å². The Labute approximate surface area is 175 Å². The minimum Gasteiger partial charge on any atom is -0.388 e. The van der Waals surface area contributed by atoms with Crippen LogP contribution >= 0.6 is 0 Å². The van der Waals surface area contributed by atoms with Crippen molar-refractivity contribution in [3.8, 4) is 0 Å². The Hall–Kier alpha value is -0.580. The molecule has 0 radical (unpaired) electrons. The molecular weight excluding hydrogens is 344 g/mol. The zero-order valence-electron chi connectivity index (χ0n) is 20.0. The zero-order valence-corrected chi connectivity index (χ0v) is 20.0. The van der Waals surface area contributed by atoms with E-state index in [4.69, 9.17) is 0 Å². The fourth-order valence-corrected chi connectivity index (χ4v) is 5.89. The molecular formula is C24H48N4. The fraction of sp³-hybridized carbons (Fsp3) is 0.917. The van der Waals surface area contributed by atoms with Crippen molar-refractivity contribution in [2.75, 3.05) is 6.54 Å². The zero-order chi connectivity index (χ0) is 21.1. The van der Waals surface area contributed by atoms with Gasteiger partial charge in [-0.1, -0.05) is 6.08 Å². The van der Waals surface area contributed by atoms with Crippen molar-refractivity contribution in [3.05, 3.63) is 12.3 Å². The first-order chi connectivity index (χ1) is 12.8. The van der Waals surface area contributed by atoms with E-state index in [2.05, 4.69) is 88.9 Å². The maximum absolute atomic E-state index is 3.81. The Balaban J connectivity index is 1.59. The average molecular weight is 393 g/mol. The maximum atomic E-state index is 3.81. The van der Waals surface area contributed by atoms with Crippen LogP contribution < -0.4 is 21.3 Å². The molecule has 2 aliphatic heterocycles. The lowest BCUT2D eigenvalue weighted by molar-refractivity contribution is 0.146. The summed E-state index contributed by atoms with van der Waals surface area (Å²) < 4.78 is 0. The van der Waals surface area contributed by atoms with E-state index in [-0.39, 0.29) is 22.2 Å². The highest BCUT2D eigenvalue weighted by Crippen LogP contribution is 2.29. The molecule has 164 valence electrons. The van der Waals surface area contributed by atoms with Crippen LogP contribution in [0.5, 0.6) is 0 Å². The number of hydrogen-bond acceptors (Lipinski definition) is 4. The molecule has 0 amide bonds. The monoisotopic (exact) mass is 392 g/mol. The summed E-state index contributed by atoms with van der Waals surface area (Å²) in [5.41, 5.74) is 0.866. The Morgan fingerprint density at radius 2 is 1.18 bits per heavy atom. The number of allylic oxidation sites excluding steroid dienone is 1. The molecule has 0 unspecified atom stereocenters. The molecule has 2 saturated heterocycles. The number of unbranched alkanes of at least 4 members (excludes halogenated alkanes) is 2. The molecule has 2 rings (SSSR count). The fourth-order valence-electron chi connectivity index (χ4n) is 5.89. The summed E-state index contributed by atoms with van der Waals surface area (Å²) in [6, 6.07) is 1.20. The van der Waals surface area contributed by atoms with Crippen LogP contribution in [0.25, 0.3) is 0 Å². The lowest BCUT2D eigenvalue weighted by Gasteiger charge is -2.46. The quantitative estimate of drug-likeness (QED) is 0.460. The molecule has 4 nitrogen and oxygen atoms in total. The summed E-state index contributed by atoms with van der Waals surface area (Å²) in [5, 5.41) is 15.0. The predicted molar refractivity (Wildman–Crippen MR) is 123 cm³/mol. The van der Waals surface area contributed by atoms with Crippen LogP contribution in [0.4, 0.5) is 0 Å². The van der Waals surface area contributed by atoms with Gasteiger partial charge >= 0.3 is 0 Å². The minimum atomic E-state index is 0.205. The lowest BCUT2D eigenvalue weighted by Crippen LogP contribution is -2.61. The van der Waals surface area contributed by atoms with Gasteiger partial charge in [0.15, 0.2) is 0 Å². The minimum absolute atomic E-state index is 0.205. The van der Waals surface area contributed by atoms with E-state index in [1.54, 1.807) is 0 Å². The van der Waals surface area contributed by atoms with E-state index >= 15 is 0 Å². The van der Waals surface area contributed by atoms with Crippen LogP contribution in [-0.2, 0) is 0 Å². The molecule has 0 aromatic carbocycles. The molecule has 2 aliphatic rings. The van der Waals surface area contributed by atoms with Gasteiger partial charge in [-0.15, -0.1) is 0 Å². The topological polar surface area (TPSA) is 48.1 Å². The molecule has 0 aromatic rings. The van der Waals surface area contributed by atoms with Crippen molar-refractivity contribution in [3.63, 3.8) is 0 Å². The normalized spacial score (nSPS) is 27.1. The van der Waals surface area contributed by atoms with Gasteiger partial charge in [-0.05, 0) is 113 Å². The van der Waals surface area contributed by atoms with Gasteiger partial charge in [0.25, 0.3) is 0 Å². The largest absolute Gasteiger partial charge is 0.388 e. The Morgan fingerprint density at radius 3 is 1.68 bits per heavy atom. The molecule has 0 bridgehead atoms. The van der Waals surface area contributed by atoms with Crippen molar-refractivity contribution >= 4 is 0 Å². The van der Waals surface area contributed by atoms with Gasteiger partial charge < -0.3 is 21.3 Å². The Kier molecular flexibility index (Phi) is 7.66. The highest BCUT2D eigenvalue weighted by Gasteiger charge is 2.38. The summed E-state index contributed by atoms with van der Waals surface area (Å²) in [6.07, 6.45) is 13.0. The van der Waals surface area contributed by atoms with Crippen molar-refractivity contribution in [1.82, 2.24) is 21.3 Å². The lowest BCUT2D eigenvalue weighted by atomic mass is 9.79. The first-order valence-electron chi connectivity index (χ1n) is 11.5. The van der Waals surface area contributed by atoms with Crippen LogP contribution in [0.2, 0.25) is 0 Å². The summed E-state index contributed by atoms with van der Waals surface area (Å²) in [5.74, 6) is 0. The number of piperidine rings is 2. The number of rotatable bonds is 8. The Morgan fingerprint density at radius 1 is 0.714 bits per heavy atom. The summed E-state index contributed by atoms with van der Waals surface area (Å²) in [6.45, 7) is 19.7.